The Morgan fingerprint density at radius 1 is 0.950 bits per heavy atom. The minimum absolute atomic E-state index is 0.00605. The van der Waals surface area contributed by atoms with Gasteiger partial charge < -0.3 is 10.2 Å². The van der Waals surface area contributed by atoms with Gasteiger partial charge in [-0.25, -0.2) is 0 Å². The van der Waals surface area contributed by atoms with Crippen molar-refractivity contribution in [2.75, 3.05) is 23.8 Å². The maximum absolute atomic E-state index is 4.09. The first-order chi connectivity index (χ1) is 19.3. The van der Waals surface area contributed by atoms with Gasteiger partial charge in [-0.1, -0.05) is 118 Å². The Balaban J connectivity index is 1.50. The molecular weight excluding hydrogens is 484 g/mol. The highest BCUT2D eigenvalue weighted by Gasteiger charge is 2.39. The van der Waals surface area contributed by atoms with Crippen LogP contribution >= 0.6 is 0 Å². The van der Waals surface area contributed by atoms with E-state index in [1.54, 1.807) is 0 Å². The number of hydrogen-bond donors (Lipinski definition) is 1. The zero-order valence-corrected chi connectivity index (χ0v) is 25.3. The molecule has 1 atom stereocenters. The zero-order chi connectivity index (χ0) is 28.8. The molecule has 0 bridgehead atoms. The molecule has 0 aliphatic carbocycles. The van der Waals surface area contributed by atoms with Gasteiger partial charge in [0.15, 0.2) is 0 Å². The third-order valence-electron chi connectivity index (χ3n) is 8.29. The van der Waals surface area contributed by atoms with Gasteiger partial charge in [0, 0.05) is 41.5 Å². The number of rotatable bonds is 11. The molecule has 0 aromatic heterocycles. The molecule has 3 aromatic rings. The predicted octanol–water partition coefficient (Wildman–Crippen LogP) is 10.2. The van der Waals surface area contributed by atoms with E-state index in [-0.39, 0.29) is 10.8 Å². The van der Waals surface area contributed by atoms with Crippen molar-refractivity contribution >= 4 is 22.1 Å². The second-order valence-electron chi connectivity index (χ2n) is 11.8. The summed E-state index contributed by atoms with van der Waals surface area (Å²) in [6.45, 7) is 16.6. The lowest BCUT2D eigenvalue weighted by Gasteiger charge is -2.31. The Kier molecular flexibility index (Phi) is 9.20. The van der Waals surface area contributed by atoms with E-state index in [9.17, 15) is 0 Å². The van der Waals surface area contributed by atoms with Crippen LogP contribution in [-0.2, 0) is 10.8 Å². The zero-order valence-electron chi connectivity index (χ0n) is 25.3. The van der Waals surface area contributed by atoms with Gasteiger partial charge in [0.2, 0.25) is 0 Å². The third kappa shape index (κ3) is 5.87. The van der Waals surface area contributed by atoms with Crippen LogP contribution in [0.3, 0.4) is 0 Å². The van der Waals surface area contributed by atoms with Crippen LogP contribution in [0.1, 0.15) is 63.6 Å². The van der Waals surface area contributed by atoms with Gasteiger partial charge in [-0.05, 0) is 66.3 Å². The lowest BCUT2D eigenvalue weighted by Crippen LogP contribution is -2.26. The van der Waals surface area contributed by atoms with Crippen LogP contribution in [0.2, 0.25) is 0 Å². The van der Waals surface area contributed by atoms with Gasteiger partial charge in [-0.15, -0.1) is 6.58 Å². The molecule has 1 heterocycles. The lowest BCUT2D eigenvalue weighted by atomic mass is 9.74. The minimum Gasteiger partial charge on any atom is -0.388 e. The summed E-state index contributed by atoms with van der Waals surface area (Å²) in [7, 11) is 2.01. The SMILES string of the molecule is C=CCC(C)(C/C=C/C=C/C=C/C=C1/N(CCC)c2ccc(C)cc2C1(C)C)c1c(NC)ccc2ccccc12. The van der Waals surface area contributed by atoms with E-state index in [1.165, 1.54) is 44.5 Å². The van der Waals surface area contributed by atoms with Crippen molar-refractivity contribution < 1.29 is 0 Å². The Morgan fingerprint density at radius 3 is 2.45 bits per heavy atom. The van der Waals surface area contributed by atoms with E-state index in [4.69, 9.17) is 0 Å². The smallest absolute Gasteiger partial charge is 0.0450 e. The molecular formula is C38H46N2. The van der Waals surface area contributed by atoms with Gasteiger partial charge in [-0.2, -0.15) is 0 Å². The van der Waals surface area contributed by atoms with Gasteiger partial charge in [0.05, 0.1) is 0 Å². The molecule has 0 spiro atoms. The normalized spacial score (nSPS) is 17.4. The highest BCUT2D eigenvalue weighted by Crippen LogP contribution is 2.48. The minimum atomic E-state index is -0.0598. The number of nitrogens with one attached hydrogen (secondary N) is 1. The number of allylic oxidation sites excluding steroid dienone is 9. The lowest BCUT2D eigenvalue weighted by molar-refractivity contribution is 0.491. The van der Waals surface area contributed by atoms with E-state index in [0.29, 0.717) is 0 Å². The molecule has 0 fully saturated rings. The monoisotopic (exact) mass is 530 g/mol. The first-order valence-electron chi connectivity index (χ1n) is 14.7. The molecule has 1 aliphatic rings. The van der Waals surface area contributed by atoms with Gasteiger partial charge in [-0.3, -0.25) is 0 Å². The van der Waals surface area contributed by atoms with Crippen LogP contribution in [0.25, 0.3) is 10.8 Å². The molecule has 0 amide bonds. The molecule has 1 unspecified atom stereocenters. The average Bonchev–Trinajstić information content (AvgIpc) is 3.14. The second kappa shape index (κ2) is 12.6. The van der Waals surface area contributed by atoms with Crippen molar-refractivity contribution in [2.24, 2.45) is 0 Å². The van der Waals surface area contributed by atoms with Crippen LogP contribution < -0.4 is 10.2 Å². The Bertz CT molecular complexity index is 1470. The number of nitrogens with zero attached hydrogens (tertiary/aromatic N) is 1. The highest BCUT2D eigenvalue weighted by atomic mass is 15.2. The van der Waals surface area contributed by atoms with Crippen molar-refractivity contribution in [3.63, 3.8) is 0 Å². The van der Waals surface area contributed by atoms with Crippen LogP contribution in [0, 0.1) is 6.92 Å². The van der Waals surface area contributed by atoms with Crippen molar-refractivity contribution in [1.29, 1.82) is 0 Å². The van der Waals surface area contributed by atoms with E-state index in [0.717, 1.165) is 25.8 Å². The summed E-state index contributed by atoms with van der Waals surface area (Å²) in [6.07, 6.45) is 20.3. The first kappa shape index (κ1) is 29.2. The van der Waals surface area contributed by atoms with Crippen molar-refractivity contribution in [2.45, 2.75) is 64.7 Å². The molecule has 3 aromatic carbocycles. The molecule has 1 N–H and O–H groups in total. The Morgan fingerprint density at radius 2 is 1.70 bits per heavy atom. The van der Waals surface area contributed by atoms with Gasteiger partial charge in [0.25, 0.3) is 0 Å². The van der Waals surface area contributed by atoms with E-state index in [2.05, 4.69) is 149 Å². The largest absolute Gasteiger partial charge is 0.388 e. The highest BCUT2D eigenvalue weighted by molar-refractivity contribution is 5.91. The van der Waals surface area contributed by atoms with E-state index < -0.39 is 0 Å². The number of benzene rings is 3. The molecule has 40 heavy (non-hydrogen) atoms. The van der Waals surface area contributed by atoms with Crippen LogP contribution in [0.4, 0.5) is 11.4 Å². The summed E-state index contributed by atoms with van der Waals surface area (Å²) in [4.78, 5) is 2.50. The summed E-state index contributed by atoms with van der Waals surface area (Å²) in [5.41, 5.74) is 7.95. The molecule has 0 saturated heterocycles. The average molecular weight is 531 g/mol. The number of anilines is 2. The van der Waals surface area contributed by atoms with E-state index in [1.807, 2.05) is 13.1 Å². The predicted molar refractivity (Wildman–Crippen MR) is 178 cm³/mol. The fourth-order valence-corrected chi connectivity index (χ4v) is 6.24. The number of hydrogen-bond acceptors (Lipinski definition) is 2. The molecule has 2 nitrogen and oxygen atoms in total. The second-order valence-corrected chi connectivity index (χ2v) is 11.8. The standard InChI is InChI=1S/C38H46N2/c1-8-25-38(6,36-31-19-16-15-18-30(31)22-23-33(36)39-7)26-17-13-11-10-12-14-20-35-37(4,5)32-28-29(3)21-24-34(32)40(35)27-9-2/h8,10-24,28,39H,1,9,25-27H2,2-7H3/b11-10+,14-12+,17-13+,35-20+. The molecule has 4 rings (SSSR count). The third-order valence-corrected chi connectivity index (χ3v) is 8.29. The molecule has 208 valence electrons. The van der Waals surface area contributed by atoms with Gasteiger partial charge >= 0.3 is 0 Å². The Hall–Kier alpha value is -3.78. The van der Waals surface area contributed by atoms with Gasteiger partial charge in [0.1, 0.15) is 0 Å². The summed E-state index contributed by atoms with van der Waals surface area (Å²) < 4.78 is 0. The first-order valence-corrected chi connectivity index (χ1v) is 14.7. The fourth-order valence-electron chi connectivity index (χ4n) is 6.24. The summed E-state index contributed by atoms with van der Waals surface area (Å²) >= 11 is 0. The van der Waals surface area contributed by atoms with Crippen LogP contribution in [0.15, 0.2) is 115 Å². The van der Waals surface area contributed by atoms with Crippen molar-refractivity contribution in [3.8, 4) is 0 Å². The summed E-state index contributed by atoms with van der Waals surface area (Å²) in [5, 5.41) is 6.02. The Labute approximate surface area is 242 Å². The number of aryl methyl sites for hydroxylation is 1. The summed E-state index contributed by atoms with van der Waals surface area (Å²) in [5.74, 6) is 0. The maximum atomic E-state index is 4.09. The van der Waals surface area contributed by atoms with Crippen LogP contribution in [-0.4, -0.2) is 13.6 Å². The van der Waals surface area contributed by atoms with Crippen LogP contribution in [0.5, 0.6) is 0 Å². The molecule has 0 radical (unpaired) electrons. The molecule has 0 saturated carbocycles. The van der Waals surface area contributed by atoms with E-state index >= 15 is 0 Å². The summed E-state index contributed by atoms with van der Waals surface area (Å²) in [6, 6.07) is 19.9. The fraction of sp³-hybridized carbons (Fsp3) is 0.316. The van der Waals surface area contributed by atoms with Crippen molar-refractivity contribution in [1.82, 2.24) is 0 Å². The van der Waals surface area contributed by atoms with Crippen molar-refractivity contribution in [3.05, 3.63) is 132 Å². The topological polar surface area (TPSA) is 15.3 Å². The maximum Gasteiger partial charge on any atom is 0.0450 e. The quantitative estimate of drug-likeness (QED) is 0.196. The molecule has 2 heteroatoms. The molecule has 1 aliphatic heterocycles. The number of fused-ring (bicyclic) bond motifs is 2.